The topological polar surface area (TPSA) is 95.0 Å². The first kappa shape index (κ1) is 17.3. The van der Waals surface area contributed by atoms with Crippen LogP contribution in [0, 0.1) is 0 Å². The highest BCUT2D eigenvalue weighted by atomic mass is 32.2. The zero-order chi connectivity index (χ0) is 18.5. The Balaban J connectivity index is 2.17. The van der Waals surface area contributed by atoms with Gasteiger partial charge in [-0.15, -0.1) is 0 Å². The van der Waals surface area contributed by atoms with Gasteiger partial charge in [-0.05, 0) is 13.0 Å². The molecule has 2 aliphatic heterocycles. The minimum Gasteiger partial charge on any atom is -0.480 e. The van der Waals surface area contributed by atoms with Crippen LogP contribution >= 0.6 is 24.0 Å². The van der Waals surface area contributed by atoms with Gasteiger partial charge in [0, 0.05) is 12.5 Å². The maximum absolute atomic E-state index is 12.8. The molecular weight excluding hydrogens is 364 g/mol. The van der Waals surface area contributed by atoms with Gasteiger partial charge in [-0.2, -0.15) is 0 Å². The Bertz CT molecular complexity index is 892. The second kappa shape index (κ2) is 6.08. The van der Waals surface area contributed by atoms with Crippen molar-refractivity contribution in [3.05, 3.63) is 34.7 Å². The third kappa shape index (κ3) is 2.56. The number of imide groups is 1. The first-order chi connectivity index (χ1) is 11.8. The molecule has 9 heteroatoms. The van der Waals surface area contributed by atoms with Crippen LogP contribution in [0.5, 0.6) is 0 Å². The predicted molar refractivity (Wildman–Crippen MR) is 95.7 cm³/mol. The summed E-state index contributed by atoms with van der Waals surface area (Å²) in [5.41, 5.74) is 0.918. The number of nitrogens with zero attached hydrogens (tertiary/aromatic N) is 2. The van der Waals surface area contributed by atoms with Gasteiger partial charge >= 0.3 is 5.97 Å². The fourth-order valence-electron chi connectivity index (χ4n) is 2.72. The van der Waals surface area contributed by atoms with E-state index < -0.39 is 29.7 Å². The Morgan fingerprint density at radius 2 is 1.84 bits per heavy atom. The van der Waals surface area contributed by atoms with E-state index in [-0.39, 0.29) is 14.8 Å². The summed E-state index contributed by atoms with van der Waals surface area (Å²) >= 11 is 5.99. The van der Waals surface area contributed by atoms with E-state index in [9.17, 15) is 19.2 Å². The van der Waals surface area contributed by atoms with Crippen LogP contribution in [0.2, 0.25) is 0 Å². The van der Waals surface area contributed by atoms with Crippen molar-refractivity contribution in [2.75, 3.05) is 4.90 Å². The predicted octanol–water partition coefficient (Wildman–Crippen LogP) is 1.62. The van der Waals surface area contributed by atoms with E-state index in [2.05, 4.69) is 0 Å². The highest BCUT2D eigenvalue weighted by Gasteiger charge is 2.45. The molecule has 1 aromatic rings. The highest BCUT2D eigenvalue weighted by Crippen LogP contribution is 2.44. The van der Waals surface area contributed by atoms with E-state index in [0.717, 1.165) is 21.6 Å². The summed E-state index contributed by atoms with van der Waals surface area (Å²) < 4.78 is 0.0638. The molecule has 1 aromatic carbocycles. The molecular formula is C16H12N2O5S2. The van der Waals surface area contributed by atoms with Gasteiger partial charge in [-0.1, -0.05) is 42.2 Å². The highest BCUT2D eigenvalue weighted by molar-refractivity contribution is 8.26. The van der Waals surface area contributed by atoms with E-state index in [0.29, 0.717) is 11.3 Å². The van der Waals surface area contributed by atoms with Gasteiger partial charge in [-0.25, -0.2) is 9.69 Å². The maximum Gasteiger partial charge on any atom is 0.326 e. The van der Waals surface area contributed by atoms with Gasteiger partial charge in [0.05, 0.1) is 16.2 Å². The SMILES string of the molecule is CC(=O)N1C(=O)/C(=C2/SC(=S)N(C(C)C(=O)O)C2=O)c2ccccc21. The largest absolute Gasteiger partial charge is 0.480 e. The number of carboxylic acid groups (broad SMARTS) is 1. The molecule has 1 N–H and O–H groups in total. The Morgan fingerprint density at radius 1 is 1.20 bits per heavy atom. The molecule has 2 aliphatic rings. The Morgan fingerprint density at radius 3 is 2.44 bits per heavy atom. The molecule has 0 bridgehead atoms. The Labute approximate surface area is 152 Å². The number of thiocarbonyl (C=S) groups is 1. The lowest BCUT2D eigenvalue weighted by Gasteiger charge is -2.18. The molecule has 0 saturated carbocycles. The van der Waals surface area contributed by atoms with Crippen LogP contribution in [0.1, 0.15) is 19.4 Å². The van der Waals surface area contributed by atoms with Gasteiger partial charge in [0.15, 0.2) is 0 Å². The Hall–Kier alpha value is -2.52. The van der Waals surface area contributed by atoms with Crippen molar-refractivity contribution < 1.29 is 24.3 Å². The lowest BCUT2D eigenvalue weighted by molar-refractivity contribution is -0.144. The quantitative estimate of drug-likeness (QED) is 0.619. The number of thioether (sulfide) groups is 1. The van der Waals surface area contributed by atoms with Crippen LogP contribution < -0.4 is 4.90 Å². The van der Waals surface area contributed by atoms with E-state index >= 15 is 0 Å². The number of carboxylic acids is 1. The number of para-hydroxylation sites is 1. The number of carbonyl (C=O) groups is 4. The molecule has 1 saturated heterocycles. The molecule has 3 amide bonds. The van der Waals surface area contributed by atoms with E-state index in [1.165, 1.54) is 13.8 Å². The molecule has 0 spiro atoms. The van der Waals surface area contributed by atoms with Crippen LogP contribution in [0.3, 0.4) is 0 Å². The molecule has 25 heavy (non-hydrogen) atoms. The van der Waals surface area contributed by atoms with Crippen LogP contribution in [-0.2, 0) is 19.2 Å². The van der Waals surface area contributed by atoms with Crippen molar-refractivity contribution in [2.45, 2.75) is 19.9 Å². The smallest absolute Gasteiger partial charge is 0.326 e. The summed E-state index contributed by atoms with van der Waals surface area (Å²) in [4.78, 5) is 50.6. The van der Waals surface area contributed by atoms with Crippen molar-refractivity contribution >= 4 is 63.3 Å². The van der Waals surface area contributed by atoms with Crippen molar-refractivity contribution in [3.8, 4) is 0 Å². The van der Waals surface area contributed by atoms with E-state index in [1.54, 1.807) is 24.3 Å². The summed E-state index contributed by atoms with van der Waals surface area (Å²) in [7, 11) is 0. The van der Waals surface area contributed by atoms with Crippen molar-refractivity contribution in [3.63, 3.8) is 0 Å². The summed E-state index contributed by atoms with van der Waals surface area (Å²) in [6.45, 7) is 2.60. The number of hydrogen-bond donors (Lipinski definition) is 1. The van der Waals surface area contributed by atoms with Gasteiger partial charge in [0.25, 0.3) is 11.8 Å². The minimum absolute atomic E-state index is 0.0410. The first-order valence-corrected chi connectivity index (χ1v) is 8.45. The lowest BCUT2D eigenvalue weighted by atomic mass is 10.1. The second-order valence-corrected chi connectivity index (χ2v) is 7.08. The molecule has 1 fully saturated rings. The fourth-order valence-corrected chi connectivity index (χ4v) is 4.21. The summed E-state index contributed by atoms with van der Waals surface area (Å²) in [5, 5.41) is 9.16. The number of aliphatic carboxylic acids is 1. The molecule has 1 atom stereocenters. The number of carbonyl (C=O) groups excluding carboxylic acids is 3. The zero-order valence-electron chi connectivity index (χ0n) is 13.2. The number of hydrogen-bond acceptors (Lipinski definition) is 6. The van der Waals surface area contributed by atoms with Crippen LogP contribution in [0.15, 0.2) is 29.2 Å². The third-order valence-corrected chi connectivity index (χ3v) is 5.32. The molecule has 0 aliphatic carbocycles. The summed E-state index contributed by atoms with van der Waals surface area (Å²) in [6.07, 6.45) is 0. The average molecular weight is 376 g/mol. The molecule has 0 aromatic heterocycles. The van der Waals surface area contributed by atoms with E-state index in [4.69, 9.17) is 17.3 Å². The van der Waals surface area contributed by atoms with Crippen molar-refractivity contribution in [1.29, 1.82) is 0 Å². The van der Waals surface area contributed by atoms with Crippen LogP contribution in [0.25, 0.3) is 5.57 Å². The molecule has 128 valence electrons. The zero-order valence-corrected chi connectivity index (χ0v) is 14.8. The lowest BCUT2D eigenvalue weighted by Crippen LogP contribution is -2.41. The van der Waals surface area contributed by atoms with E-state index in [1.807, 2.05) is 0 Å². The maximum atomic E-state index is 12.8. The van der Waals surface area contributed by atoms with Gasteiger partial charge < -0.3 is 5.11 Å². The van der Waals surface area contributed by atoms with Gasteiger partial charge in [0.2, 0.25) is 5.91 Å². The van der Waals surface area contributed by atoms with Crippen molar-refractivity contribution in [1.82, 2.24) is 4.90 Å². The minimum atomic E-state index is -1.20. The third-order valence-electron chi connectivity index (χ3n) is 3.92. The molecule has 3 rings (SSSR count). The number of rotatable bonds is 2. The summed E-state index contributed by atoms with van der Waals surface area (Å²) in [5.74, 6) is -2.93. The average Bonchev–Trinajstić information content (AvgIpc) is 2.99. The fraction of sp³-hybridized carbons (Fsp3) is 0.188. The summed E-state index contributed by atoms with van der Waals surface area (Å²) in [6, 6.07) is 5.47. The molecule has 1 unspecified atom stereocenters. The molecule has 2 heterocycles. The number of anilines is 1. The first-order valence-electron chi connectivity index (χ1n) is 7.22. The van der Waals surface area contributed by atoms with Crippen molar-refractivity contribution in [2.24, 2.45) is 0 Å². The van der Waals surface area contributed by atoms with Crippen LogP contribution in [0.4, 0.5) is 5.69 Å². The standard InChI is InChI=1S/C16H12N2O5S2/c1-7(15(22)23)17-14(21)12(25-16(17)24)11-9-5-3-4-6-10(9)18(8(2)19)13(11)20/h3-7H,1-2H3,(H,22,23)/b12-11+. The number of fused-ring (bicyclic) bond motifs is 1. The number of amides is 3. The van der Waals surface area contributed by atoms with Gasteiger partial charge in [0.1, 0.15) is 10.4 Å². The van der Waals surface area contributed by atoms with Crippen LogP contribution in [-0.4, -0.2) is 44.1 Å². The monoisotopic (exact) mass is 376 g/mol. The molecule has 0 radical (unpaired) electrons. The Kier molecular flexibility index (Phi) is 4.21. The number of benzene rings is 1. The normalized spacial score (nSPS) is 21.0. The molecule has 7 nitrogen and oxygen atoms in total. The second-order valence-electron chi connectivity index (χ2n) is 5.44. The van der Waals surface area contributed by atoms with Gasteiger partial charge in [-0.3, -0.25) is 19.3 Å².